The van der Waals surface area contributed by atoms with Crippen molar-refractivity contribution in [2.45, 2.75) is 26.3 Å². The fourth-order valence-electron chi connectivity index (χ4n) is 2.76. The van der Waals surface area contributed by atoms with E-state index >= 15 is 0 Å². The van der Waals surface area contributed by atoms with E-state index in [1.165, 1.54) is 22.8 Å². The molecular formula is C18H16ClN3O5. The number of rotatable bonds is 6. The highest BCUT2D eigenvalue weighted by atomic mass is 35.5. The molecule has 0 saturated heterocycles. The maximum absolute atomic E-state index is 12.1. The van der Waals surface area contributed by atoms with Crippen LogP contribution in [0.2, 0.25) is 5.02 Å². The molecule has 0 aliphatic heterocycles. The van der Waals surface area contributed by atoms with Crippen molar-refractivity contribution in [1.29, 1.82) is 0 Å². The highest BCUT2D eigenvalue weighted by Gasteiger charge is 2.14. The number of benzene rings is 2. The fourth-order valence-corrected chi connectivity index (χ4v) is 2.98. The predicted molar refractivity (Wildman–Crippen MR) is 101 cm³/mol. The Morgan fingerprint density at radius 3 is 2.78 bits per heavy atom. The number of hydrogen-bond acceptors (Lipinski definition) is 5. The van der Waals surface area contributed by atoms with Gasteiger partial charge >= 0.3 is 5.76 Å². The number of aryl methyl sites for hydroxylation is 2. The molecule has 9 heteroatoms. The van der Waals surface area contributed by atoms with Gasteiger partial charge in [0.15, 0.2) is 5.58 Å². The number of nitrogens with one attached hydrogen (secondary N) is 1. The Morgan fingerprint density at radius 2 is 2.07 bits per heavy atom. The van der Waals surface area contributed by atoms with Crippen LogP contribution in [0.15, 0.2) is 45.6 Å². The van der Waals surface area contributed by atoms with E-state index in [1.54, 1.807) is 18.2 Å². The van der Waals surface area contributed by atoms with Gasteiger partial charge in [-0.25, -0.2) is 4.79 Å². The Kier molecular flexibility index (Phi) is 5.27. The Labute approximate surface area is 158 Å². The molecule has 1 aromatic heterocycles. The maximum atomic E-state index is 12.1. The predicted octanol–water partition coefficient (Wildman–Crippen LogP) is 3.88. The molecule has 1 heterocycles. The van der Waals surface area contributed by atoms with Gasteiger partial charge in [-0.1, -0.05) is 11.6 Å². The number of amides is 1. The smallest absolute Gasteiger partial charge is 0.407 e. The van der Waals surface area contributed by atoms with Gasteiger partial charge in [0.25, 0.3) is 5.69 Å². The third kappa shape index (κ3) is 4.17. The molecule has 0 bridgehead atoms. The van der Waals surface area contributed by atoms with E-state index in [2.05, 4.69) is 5.32 Å². The topological polar surface area (TPSA) is 107 Å². The summed E-state index contributed by atoms with van der Waals surface area (Å²) in [5.74, 6) is -0.795. The number of non-ortho nitro benzene ring substituents is 1. The van der Waals surface area contributed by atoms with Crippen LogP contribution in [0.25, 0.3) is 11.1 Å². The lowest BCUT2D eigenvalue weighted by Gasteiger charge is -2.08. The third-order valence-corrected chi connectivity index (χ3v) is 4.35. The number of oxazole rings is 1. The Hall–Kier alpha value is -3.13. The minimum Gasteiger partial charge on any atom is -0.407 e. The van der Waals surface area contributed by atoms with Gasteiger partial charge in [-0.15, -0.1) is 0 Å². The van der Waals surface area contributed by atoms with Crippen molar-refractivity contribution in [2.24, 2.45) is 0 Å². The minimum absolute atomic E-state index is 0.149. The molecule has 140 valence electrons. The molecule has 0 spiro atoms. The van der Waals surface area contributed by atoms with Crippen LogP contribution in [0.4, 0.5) is 11.4 Å². The van der Waals surface area contributed by atoms with Crippen LogP contribution in [0, 0.1) is 17.0 Å². The minimum atomic E-state index is -0.612. The molecule has 0 atom stereocenters. The zero-order valence-electron chi connectivity index (χ0n) is 14.4. The van der Waals surface area contributed by atoms with Gasteiger partial charge in [-0.3, -0.25) is 19.5 Å². The number of nitro benzene ring substituents is 1. The summed E-state index contributed by atoms with van der Waals surface area (Å²) in [7, 11) is 0. The summed E-state index contributed by atoms with van der Waals surface area (Å²) in [6.07, 6.45) is 0.609. The first kappa shape index (κ1) is 18.7. The lowest BCUT2D eigenvalue weighted by molar-refractivity contribution is -0.384. The summed E-state index contributed by atoms with van der Waals surface area (Å²) in [6, 6.07) is 9.17. The van der Waals surface area contributed by atoms with Gasteiger partial charge in [0, 0.05) is 29.7 Å². The molecule has 3 aromatic rings. The number of carbonyl (C=O) groups is 1. The fraction of sp³-hybridized carbons (Fsp3) is 0.222. The molecule has 0 unspecified atom stereocenters. The Morgan fingerprint density at radius 1 is 1.30 bits per heavy atom. The van der Waals surface area contributed by atoms with Crippen molar-refractivity contribution in [2.75, 3.05) is 5.32 Å². The van der Waals surface area contributed by atoms with E-state index in [1.807, 2.05) is 6.92 Å². The van der Waals surface area contributed by atoms with Crippen molar-refractivity contribution in [3.8, 4) is 0 Å². The van der Waals surface area contributed by atoms with Gasteiger partial charge < -0.3 is 9.73 Å². The van der Waals surface area contributed by atoms with Crippen LogP contribution >= 0.6 is 11.6 Å². The summed E-state index contributed by atoms with van der Waals surface area (Å²) in [4.78, 5) is 34.3. The molecular weight excluding hydrogens is 374 g/mol. The van der Waals surface area contributed by atoms with Crippen LogP contribution in [-0.4, -0.2) is 15.4 Å². The number of anilines is 1. The summed E-state index contributed by atoms with van der Waals surface area (Å²) in [6.45, 7) is 2.11. The molecule has 0 fully saturated rings. The average Bonchev–Trinajstić information content (AvgIpc) is 2.92. The van der Waals surface area contributed by atoms with E-state index in [0.717, 1.165) is 5.56 Å². The number of nitrogens with zero attached hydrogens (tertiary/aromatic N) is 2. The molecule has 3 rings (SSSR count). The maximum Gasteiger partial charge on any atom is 0.419 e. The van der Waals surface area contributed by atoms with E-state index in [0.29, 0.717) is 22.6 Å². The van der Waals surface area contributed by atoms with Crippen molar-refractivity contribution >= 4 is 40.0 Å². The van der Waals surface area contributed by atoms with Crippen LogP contribution in [0.3, 0.4) is 0 Å². The number of halogens is 1. The van der Waals surface area contributed by atoms with Crippen LogP contribution in [0.5, 0.6) is 0 Å². The summed E-state index contributed by atoms with van der Waals surface area (Å²) in [5.41, 5.74) is 1.99. The second-order valence-electron chi connectivity index (χ2n) is 6.04. The van der Waals surface area contributed by atoms with E-state index < -0.39 is 10.7 Å². The van der Waals surface area contributed by atoms with Crippen molar-refractivity contribution in [3.05, 3.63) is 67.6 Å². The monoisotopic (exact) mass is 389 g/mol. The van der Waals surface area contributed by atoms with Gasteiger partial charge in [-0.05, 0) is 43.2 Å². The number of carbonyl (C=O) groups excluding carboxylic acids is 1. The number of nitro groups is 1. The van der Waals surface area contributed by atoms with E-state index in [-0.39, 0.29) is 30.1 Å². The lowest BCUT2D eigenvalue weighted by atomic mass is 10.2. The molecule has 2 aromatic carbocycles. The molecule has 1 amide bonds. The Balaban J connectivity index is 1.65. The molecule has 27 heavy (non-hydrogen) atoms. The standard InChI is InChI=1S/C18H16ClN3O5/c1-11-9-12(19)4-6-14(11)20-17(23)3-2-8-21-15-7-5-13(22(25)26)10-16(15)27-18(21)24/h4-7,9-10H,2-3,8H2,1H3,(H,20,23). The van der Waals surface area contributed by atoms with Gasteiger partial charge in [0.2, 0.25) is 5.91 Å². The number of hydrogen-bond donors (Lipinski definition) is 1. The Bertz CT molecular complexity index is 1090. The number of fused-ring (bicyclic) bond motifs is 1. The first-order valence-electron chi connectivity index (χ1n) is 8.19. The molecule has 0 aliphatic rings. The first-order valence-corrected chi connectivity index (χ1v) is 8.57. The molecule has 0 radical (unpaired) electrons. The SMILES string of the molecule is Cc1cc(Cl)ccc1NC(=O)CCCn1c(=O)oc2cc([N+](=O)[O-])ccc21. The second kappa shape index (κ2) is 7.63. The van der Waals surface area contributed by atoms with E-state index in [4.69, 9.17) is 16.0 Å². The van der Waals surface area contributed by atoms with Crippen LogP contribution in [0.1, 0.15) is 18.4 Å². The van der Waals surface area contributed by atoms with Crippen molar-refractivity contribution in [1.82, 2.24) is 4.57 Å². The molecule has 8 nitrogen and oxygen atoms in total. The summed E-state index contributed by atoms with van der Waals surface area (Å²) in [5, 5.41) is 14.2. The normalized spacial score (nSPS) is 10.9. The first-order chi connectivity index (χ1) is 12.8. The highest BCUT2D eigenvalue weighted by molar-refractivity contribution is 6.30. The zero-order valence-corrected chi connectivity index (χ0v) is 15.2. The average molecular weight is 390 g/mol. The number of aromatic nitrogens is 1. The molecule has 0 aliphatic carbocycles. The van der Waals surface area contributed by atoms with Gasteiger partial charge in [0.05, 0.1) is 16.5 Å². The lowest BCUT2D eigenvalue weighted by Crippen LogP contribution is -2.17. The van der Waals surface area contributed by atoms with Crippen LogP contribution < -0.4 is 11.1 Å². The van der Waals surface area contributed by atoms with Gasteiger partial charge in [0.1, 0.15) is 0 Å². The second-order valence-corrected chi connectivity index (χ2v) is 6.48. The zero-order chi connectivity index (χ0) is 19.6. The molecule has 0 saturated carbocycles. The van der Waals surface area contributed by atoms with E-state index in [9.17, 15) is 19.7 Å². The summed E-state index contributed by atoms with van der Waals surface area (Å²) >= 11 is 5.89. The highest BCUT2D eigenvalue weighted by Crippen LogP contribution is 2.21. The summed E-state index contributed by atoms with van der Waals surface area (Å²) < 4.78 is 6.42. The molecule has 1 N–H and O–H groups in total. The third-order valence-electron chi connectivity index (χ3n) is 4.11. The van der Waals surface area contributed by atoms with Crippen molar-refractivity contribution in [3.63, 3.8) is 0 Å². The largest absolute Gasteiger partial charge is 0.419 e. The quantitative estimate of drug-likeness (QED) is 0.508. The van der Waals surface area contributed by atoms with Crippen LogP contribution in [-0.2, 0) is 11.3 Å². The van der Waals surface area contributed by atoms with Gasteiger partial charge in [-0.2, -0.15) is 0 Å². The van der Waals surface area contributed by atoms with Crippen molar-refractivity contribution < 1.29 is 14.1 Å².